The Balaban J connectivity index is 2.07. The Morgan fingerprint density at radius 3 is 2.89 bits per heavy atom. The molecule has 0 aromatic carbocycles. The Labute approximate surface area is 106 Å². The minimum Gasteiger partial charge on any atom is -0.364 e. The number of hydrogen-bond donors (Lipinski definition) is 2. The summed E-state index contributed by atoms with van der Waals surface area (Å²) in [6.45, 7) is 0. The fourth-order valence-corrected chi connectivity index (χ4v) is 1.56. The first-order chi connectivity index (χ1) is 9.22. The Bertz CT molecular complexity index is 740. The van der Waals surface area contributed by atoms with E-state index in [4.69, 9.17) is 10.3 Å². The van der Waals surface area contributed by atoms with E-state index >= 15 is 0 Å². The zero-order valence-electron chi connectivity index (χ0n) is 9.57. The van der Waals surface area contributed by atoms with Crippen LogP contribution in [0.25, 0.3) is 22.4 Å². The van der Waals surface area contributed by atoms with E-state index in [9.17, 15) is 4.79 Å². The number of carbonyl (C=O) groups is 1. The first-order valence-corrected chi connectivity index (χ1v) is 5.32. The van der Waals surface area contributed by atoms with E-state index in [1.165, 1.54) is 12.5 Å². The molecule has 0 saturated carbocycles. The maximum absolute atomic E-state index is 10.8. The smallest absolute Gasteiger partial charge is 0.317 e. The maximum Gasteiger partial charge on any atom is 0.317 e. The molecule has 0 bridgehead atoms. The fourth-order valence-electron chi connectivity index (χ4n) is 1.56. The molecule has 8 heteroatoms. The van der Waals surface area contributed by atoms with Gasteiger partial charge in [0.15, 0.2) is 5.65 Å². The Hall–Kier alpha value is -3.03. The molecule has 3 aromatic heterocycles. The van der Waals surface area contributed by atoms with Crippen molar-refractivity contribution in [2.75, 3.05) is 5.32 Å². The van der Waals surface area contributed by atoms with Gasteiger partial charge >= 0.3 is 6.03 Å². The molecule has 19 heavy (non-hydrogen) atoms. The summed E-state index contributed by atoms with van der Waals surface area (Å²) in [7, 11) is 0. The van der Waals surface area contributed by atoms with Gasteiger partial charge in [-0.2, -0.15) is 0 Å². The monoisotopic (exact) mass is 256 g/mol. The van der Waals surface area contributed by atoms with Crippen LogP contribution in [-0.2, 0) is 0 Å². The van der Waals surface area contributed by atoms with E-state index in [0.717, 1.165) is 0 Å². The summed E-state index contributed by atoms with van der Waals surface area (Å²) >= 11 is 0. The van der Waals surface area contributed by atoms with Crippen LogP contribution in [0, 0.1) is 0 Å². The van der Waals surface area contributed by atoms with Crippen molar-refractivity contribution in [3.05, 3.63) is 30.8 Å². The number of amides is 2. The molecule has 0 aliphatic heterocycles. The van der Waals surface area contributed by atoms with E-state index in [1.807, 2.05) is 0 Å². The van der Waals surface area contributed by atoms with Crippen LogP contribution in [0.5, 0.6) is 0 Å². The summed E-state index contributed by atoms with van der Waals surface area (Å²) in [6.07, 6.45) is 4.58. The van der Waals surface area contributed by atoms with Crippen molar-refractivity contribution >= 4 is 23.0 Å². The fraction of sp³-hybridized carbons (Fsp3) is 0. The second-order valence-electron chi connectivity index (χ2n) is 3.70. The zero-order valence-corrected chi connectivity index (χ0v) is 9.57. The van der Waals surface area contributed by atoms with Crippen LogP contribution in [0.4, 0.5) is 10.6 Å². The van der Waals surface area contributed by atoms with Crippen LogP contribution in [0.1, 0.15) is 0 Å². The van der Waals surface area contributed by atoms with Crippen molar-refractivity contribution in [1.29, 1.82) is 0 Å². The Kier molecular flexibility index (Phi) is 2.53. The number of primary amides is 1. The summed E-state index contributed by atoms with van der Waals surface area (Å²) in [4.78, 5) is 23.5. The van der Waals surface area contributed by atoms with Gasteiger partial charge in [-0.3, -0.25) is 10.3 Å². The largest absolute Gasteiger partial charge is 0.364 e. The number of nitrogens with zero attached hydrogens (tertiary/aromatic N) is 4. The second-order valence-corrected chi connectivity index (χ2v) is 3.70. The minimum absolute atomic E-state index is 0.316. The molecule has 3 heterocycles. The van der Waals surface area contributed by atoms with Crippen molar-refractivity contribution in [2.24, 2.45) is 5.73 Å². The number of nitrogens with two attached hydrogens (primary N) is 1. The lowest BCUT2D eigenvalue weighted by Crippen LogP contribution is -2.20. The zero-order chi connectivity index (χ0) is 13.2. The molecule has 0 aliphatic carbocycles. The van der Waals surface area contributed by atoms with E-state index in [2.05, 4.69) is 25.4 Å². The molecular formula is C11H8N6O2. The third kappa shape index (κ3) is 2.18. The van der Waals surface area contributed by atoms with Crippen LogP contribution >= 0.6 is 0 Å². The van der Waals surface area contributed by atoms with Gasteiger partial charge in [0.1, 0.15) is 17.6 Å². The first kappa shape index (κ1) is 11.1. The third-order valence-corrected chi connectivity index (χ3v) is 2.39. The molecule has 0 atom stereocenters. The van der Waals surface area contributed by atoms with Gasteiger partial charge < -0.3 is 10.3 Å². The van der Waals surface area contributed by atoms with Crippen LogP contribution in [0.3, 0.4) is 0 Å². The lowest BCUT2D eigenvalue weighted by molar-refractivity contribution is 0.259. The molecule has 0 radical (unpaired) electrons. The van der Waals surface area contributed by atoms with Gasteiger partial charge in [-0.15, -0.1) is 0 Å². The number of carbonyl (C=O) groups excluding carboxylic acids is 1. The maximum atomic E-state index is 10.8. The lowest BCUT2D eigenvalue weighted by atomic mass is 10.2. The van der Waals surface area contributed by atoms with Gasteiger partial charge in [0.2, 0.25) is 0 Å². The van der Waals surface area contributed by atoms with Crippen LogP contribution in [0.15, 0.2) is 35.3 Å². The molecule has 3 N–H and O–H groups in total. The Morgan fingerprint density at radius 1 is 1.26 bits per heavy atom. The van der Waals surface area contributed by atoms with E-state index in [0.29, 0.717) is 28.2 Å². The molecule has 3 rings (SSSR count). The topological polar surface area (TPSA) is 120 Å². The van der Waals surface area contributed by atoms with Crippen LogP contribution < -0.4 is 11.1 Å². The molecule has 0 unspecified atom stereocenters. The highest BCUT2D eigenvalue weighted by molar-refractivity contribution is 5.88. The summed E-state index contributed by atoms with van der Waals surface area (Å²) < 4.78 is 4.75. The predicted octanol–water partition coefficient (Wildman–Crippen LogP) is 1.17. The normalized spacial score (nSPS) is 10.5. The molecular weight excluding hydrogens is 248 g/mol. The predicted molar refractivity (Wildman–Crippen MR) is 66.0 cm³/mol. The standard InChI is InChI=1S/C11H8N6O2/c12-11(18)17-9-2-1-7-10(16-9)15-8(4-13-7)6-3-14-19-5-6/h1-5H,(H3,12,15,16,17,18). The van der Waals surface area contributed by atoms with Crippen LogP contribution in [0.2, 0.25) is 0 Å². The average molecular weight is 256 g/mol. The van der Waals surface area contributed by atoms with Gasteiger partial charge in [-0.05, 0) is 12.1 Å². The summed E-state index contributed by atoms with van der Waals surface area (Å²) in [5.74, 6) is 0.316. The molecule has 0 aliphatic rings. The number of hydrogen-bond acceptors (Lipinski definition) is 6. The molecule has 0 saturated heterocycles. The van der Waals surface area contributed by atoms with Crippen molar-refractivity contribution in [3.63, 3.8) is 0 Å². The number of pyridine rings is 1. The van der Waals surface area contributed by atoms with Crippen molar-refractivity contribution < 1.29 is 9.32 Å². The third-order valence-electron chi connectivity index (χ3n) is 2.39. The van der Waals surface area contributed by atoms with E-state index in [-0.39, 0.29) is 0 Å². The highest BCUT2D eigenvalue weighted by Crippen LogP contribution is 2.18. The molecule has 3 aromatic rings. The Morgan fingerprint density at radius 2 is 2.16 bits per heavy atom. The SMILES string of the molecule is NC(=O)Nc1ccc2ncc(-c3cnoc3)nc2n1. The molecule has 2 amide bonds. The second kappa shape index (κ2) is 4.33. The minimum atomic E-state index is -0.685. The van der Waals surface area contributed by atoms with E-state index in [1.54, 1.807) is 18.3 Å². The lowest BCUT2D eigenvalue weighted by Gasteiger charge is -2.03. The molecule has 8 nitrogen and oxygen atoms in total. The molecule has 0 fully saturated rings. The summed E-state index contributed by atoms with van der Waals surface area (Å²) in [5.41, 5.74) is 7.31. The van der Waals surface area contributed by atoms with E-state index < -0.39 is 6.03 Å². The summed E-state index contributed by atoms with van der Waals surface area (Å²) in [6, 6.07) is 2.61. The number of fused-ring (bicyclic) bond motifs is 1. The van der Waals surface area contributed by atoms with Crippen LogP contribution in [-0.4, -0.2) is 26.1 Å². The molecule has 0 spiro atoms. The number of anilines is 1. The first-order valence-electron chi connectivity index (χ1n) is 5.32. The molecule has 94 valence electrons. The number of aromatic nitrogens is 4. The van der Waals surface area contributed by atoms with Crippen molar-refractivity contribution in [2.45, 2.75) is 0 Å². The highest BCUT2D eigenvalue weighted by Gasteiger charge is 2.07. The van der Waals surface area contributed by atoms with Gasteiger partial charge in [0.25, 0.3) is 0 Å². The number of nitrogens with one attached hydrogen (secondary N) is 1. The van der Waals surface area contributed by atoms with Crippen molar-refractivity contribution in [3.8, 4) is 11.3 Å². The van der Waals surface area contributed by atoms with Crippen molar-refractivity contribution in [1.82, 2.24) is 20.1 Å². The van der Waals surface area contributed by atoms with Gasteiger partial charge in [-0.25, -0.2) is 14.8 Å². The highest BCUT2D eigenvalue weighted by atomic mass is 16.5. The van der Waals surface area contributed by atoms with Gasteiger partial charge in [0, 0.05) is 0 Å². The van der Waals surface area contributed by atoms with Gasteiger partial charge in [-0.1, -0.05) is 5.16 Å². The quantitative estimate of drug-likeness (QED) is 0.710. The summed E-state index contributed by atoms with van der Waals surface area (Å²) in [5, 5.41) is 5.98. The number of urea groups is 1. The average Bonchev–Trinajstić information content (AvgIpc) is 2.91. The van der Waals surface area contributed by atoms with Gasteiger partial charge in [0.05, 0.1) is 23.7 Å². The number of rotatable bonds is 2.